The number of hydrogen-bond acceptors (Lipinski definition) is 4. The molecule has 26 heavy (non-hydrogen) atoms. The molecule has 6 heteroatoms. The van der Waals surface area contributed by atoms with Crippen LogP contribution in [-0.2, 0) is 17.7 Å². The molecule has 0 radical (unpaired) electrons. The van der Waals surface area contributed by atoms with Gasteiger partial charge in [-0.05, 0) is 55.5 Å². The van der Waals surface area contributed by atoms with E-state index in [0.29, 0.717) is 31.7 Å². The van der Waals surface area contributed by atoms with E-state index in [1.165, 1.54) is 0 Å². The van der Waals surface area contributed by atoms with Crippen molar-refractivity contribution in [1.29, 1.82) is 0 Å². The first kappa shape index (κ1) is 17.9. The molecule has 0 unspecified atom stereocenters. The van der Waals surface area contributed by atoms with Crippen LogP contribution < -0.4 is 5.32 Å². The van der Waals surface area contributed by atoms with Crippen molar-refractivity contribution < 1.29 is 14.3 Å². The predicted molar refractivity (Wildman–Crippen MR) is 99.2 cm³/mol. The Morgan fingerprint density at radius 1 is 1.27 bits per heavy atom. The zero-order valence-electron chi connectivity index (χ0n) is 15.3. The number of pyridine rings is 1. The Hall–Kier alpha value is -2.89. The van der Waals surface area contributed by atoms with Gasteiger partial charge in [0, 0.05) is 24.6 Å². The van der Waals surface area contributed by atoms with Gasteiger partial charge in [-0.2, -0.15) is 0 Å². The molecule has 2 aromatic rings. The van der Waals surface area contributed by atoms with Gasteiger partial charge in [0.25, 0.3) is 5.91 Å². The van der Waals surface area contributed by atoms with Crippen LogP contribution in [0, 0.1) is 13.8 Å². The summed E-state index contributed by atoms with van der Waals surface area (Å²) in [6, 6.07) is 5.96. The Bertz CT molecular complexity index is 848. The normalized spacial score (nSPS) is 13.1. The van der Waals surface area contributed by atoms with Gasteiger partial charge in [-0.1, -0.05) is 12.1 Å². The van der Waals surface area contributed by atoms with Crippen molar-refractivity contribution >= 4 is 17.7 Å². The second kappa shape index (κ2) is 7.56. The molecule has 0 fully saturated rings. The fourth-order valence-electron chi connectivity index (χ4n) is 3.12. The summed E-state index contributed by atoms with van der Waals surface area (Å²) in [4.78, 5) is 30.6. The molecular weight excluding hydrogens is 330 g/mol. The topological polar surface area (TPSA) is 71.5 Å². The van der Waals surface area contributed by atoms with Crippen molar-refractivity contribution in [2.75, 3.05) is 18.5 Å². The second-order valence-electron chi connectivity index (χ2n) is 6.47. The van der Waals surface area contributed by atoms with Gasteiger partial charge in [-0.15, -0.1) is 0 Å². The van der Waals surface area contributed by atoms with Crippen molar-refractivity contribution in [2.24, 2.45) is 0 Å². The molecule has 2 heterocycles. The summed E-state index contributed by atoms with van der Waals surface area (Å²) in [5.41, 5.74) is 5.30. The molecule has 0 spiro atoms. The lowest BCUT2D eigenvalue weighted by molar-refractivity contribution is 0.101. The van der Waals surface area contributed by atoms with Crippen LogP contribution in [0.5, 0.6) is 0 Å². The van der Waals surface area contributed by atoms with Crippen molar-refractivity contribution in [3.8, 4) is 0 Å². The number of carbonyl (C=O) groups excluding carboxylic acids is 2. The van der Waals surface area contributed by atoms with Crippen molar-refractivity contribution in [3.05, 3.63) is 58.4 Å². The van der Waals surface area contributed by atoms with E-state index in [2.05, 4.69) is 10.3 Å². The summed E-state index contributed by atoms with van der Waals surface area (Å²) in [6.07, 6.45) is 3.59. The number of fused-ring (bicyclic) bond motifs is 1. The molecule has 0 bridgehead atoms. The number of anilines is 1. The third kappa shape index (κ3) is 3.69. The fourth-order valence-corrected chi connectivity index (χ4v) is 3.12. The summed E-state index contributed by atoms with van der Waals surface area (Å²) in [5.74, 6) is -0.173. The van der Waals surface area contributed by atoms with E-state index >= 15 is 0 Å². The van der Waals surface area contributed by atoms with Crippen LogP contribution in [0.4, 0.5) is 10.5 Å². The van der Waals surface area contributed by atoms with E-state index in [0.717, 1.165) is 27.9 Å². The van der Waals surface area contributed by atoms with Gasteiger partial charge in [0.05, 0.1) is 18.7 Å². The molecule has 0 atom stereocenters. The number of nitrogens with zero attached hydrogens (tertiary/aromatic N) is 2. The zero-order valence-corrected chi connectivity index (χ0v) is 15.3. The highest BCUT2D eigenvalue weighted by Gasteiger charge is 2.25. The third-order valence-electron chi connectivity index (χ3n) is 4.55. The summed E-state index contributed by atoms with van der Waals surface area (Å²) >= 11 is 0. The zero-order chi connectivity index (χ0) is 18.7. The van der Waals surface area contributed by atoms with Crippen molar-refractivity contribution in [3.63, 3.8) is 0 Å². The average Bonchev–Trinajstić information content (AvgIpc) is 2.64. The van der Waals surface area contributed by atoms with Crippen molar-refractivity contribution in [2.45, 2.75) is 33.7 Å². The minimum Gasteiger partial charge on any atom is -0.450 e. The van der Waals surface area contributed by atoms with Crippen LogP contribution in [0.3, 0.4) is 0 Å². The Morgan fingerprint density at radius 3 is 2.85 bits per heavy atom. The summed E-state index contributed by atoms with van der Waals surface area (Å²) < 4.78 is 5.06. The Labute approximate surface area is 153 Å². The van der Waals surface area contributed by atoms with E-state index in [9.17, 15) is 9.59 Å². The van der Waals surface area contributed by atoms with Gasteiger partial charge in [0.1, 0.15) is 0 Å². The summed E-state index contributed by atoms with van der Waals surface area (Å²) in [7, 11) is 0. The first-order valence-electron chi connectivity index (χ1n) is 8.75. The number of ether oxygens (including phenoxy) is 1. The van der Waals surface area contributed by atoms with Gasteiger partial charge in [0.2, 0.25) is 0 Å². The average molecular weight is 353 g/mol. The maximum Gasteiger partial charge on any atom is 0.410 e. The first-order valence-corrected chi connectivity index (χ1v) is 8.75. The highest BCUT2D eigenvalue weighted by molar-refractivity contribution is 6.05. The molecule has 136 valence electrons. The number of amides is 2. The standard InChI is InChI=1S/C20H23N3O3/c1-4-26-20(25)23-8-7-16-15(12-23)10-21-11-17(16)19(24)22-18-9-13(2)5-6-14(18)3/h5-6,9-11H,4,7-8,12H2,1-3H3,(H,22,24). The number of nitrogens with one attached hydrogen (secondary N) is 1. The molecule has 0 saturated carbocycles. The molecular formula is C20H23N3O3. The lowest BCUT2D eigenvalue weighted by Crippen LogP contribution is -2.37. The van der Waals surface area contributed by atoms with Gasteiger partial charge in [0.15, 0.2) is 0 Å². The number of benzene rings is 1. The predicted octanol–water partition coefficient (Wildman–Crippen LogP) is 3.47. The number of hydrogen-bond donors (Lipinski definition) is 1. The molecule has 1 N–H and O–H groups in total. The maximum atomic E-state index is 12.8. The van der Waals surface area contributed by atoms with E-state index in [-0.39, 0.29) is 12.0 Å². The third-order valence-corrected chi connectivity index (χ3v) is 4.55. The fraction of sp³-hybridized carbons (Fsp3) is 0.350. The van der Waals surface area contributed by atoms with Crippen LogP contribution >= 0.6 is 0 Å². The highest BCUT2D eigenvalue weighted by Crippen LogP contribution is 2.24. The first-order chi connectivity index (χ1) is 12.5. The summed E-state index contributed by atoms with van der Waals surface area (Å²) in [5, 5.41) is 2.99. The lowest BCUT2D eigenvalue weighted by Gasteiger charge is -2.28. The van der Waals surface area contributed by atoms with Crippen LogP contribution in [0.15, 0.2) is 30.6 Å². The number of aromatic nitrogens is 1. The molecule has 3 rings (SSSR count). The number of aryl methyl sites for hydroxylation is 2. The Kier molecular flexibility index (Phi) is 5.21. The quantitative estimate of drug-likeness (QED) is 0.917. The SMILES string of the molecule is CCOC(=O)N1CCc2c(cncc2C(=O)Nc2cc(C)ccc2C)C1. The van der Waals surface area contributed by atoms with Gasteiger partial charge in [-0.3, -0.25) is 9.78 Å². The number of rotatable bonds is 3. The van der Waals surface area contributed by atoms with Crippen LogP contribution in [0.25, 0.3) is 0 Å². The van der Waals surface area contributed by atoms with E-state index in [1.54, 1.807) is 24.2 Å². The molecule has 0 saturated heterocycles. The maximum absolute atomic E-state index is 12.8. The largest absolute Gasteiger partial charge is 0.450 e. The minimum absolute atomic E-state index is 0.173. The highest BCUT2D eigenvalue weighted by atomic mass is 16.6. The molecule has 1 aromatic carbocycles. The van der Waals surface area contributed by atoms with E-state index in [4.69, 9.17) is 4.74 Å². The van der Waals surface area contributed by atoms with E-state index < -0.39 is 0 Å². The van der Waals surface area contributed by atoms with Gasteiger partial charge < -0.3 is 15.0 Å². The Balaban J connectivity index is 1.82. The van der Waals surface area contributed by atoms with Gasteiger partial charge >= 0.3 is 6.09 Å². The molecule has 1 aliphatic heterocycles. The number of carbonyl (C=O) groups is 2. The lowest BCUT2D eigenvalue weighted by atomic mass is 9.96. The molecule has 1 aromatic heterocycles. The second-order valence-corrected chi connectivity index (χ2v) is 6.47. The molecule has 1 aliphatic rings. The minimum atomic E-state index is -0.330. The molecule has 0 aliphatic carbocycles. The molecule has 6 nitrogen and oxygen atoms in total. The summed E-state index contributed by atoms with van der Waals surface area (Å²) in [6.45, 7) is 7.02. The van der Waals surface area contributed by atoms with Crippen LogP contribution in [0.1, 0.15) is 39.5 Å². The smallest absolute Gasteiger partial charge is 0.410 e. The van der Waals surface area contributed by atoms with E-state index in [1.807, 2.05) is 32.0 Å². The molecule has 2 amide bonds. The monoisotopic (exact) mass is 353 g/mol. The van der Waals surface area contributed by atoms with Crippen LogP contribution in [-0.4, -0.2) is 35.0 Å². The van der Waals surface area contributed by atoms with Crippen LogP contribution in [0.2, 0.25) is 0 Å². The van der Waals surface area contributed by atoms with Crippen molar-refractivity contribution in [1.82, 2.24) is 9.88 Å². The van der Waals surface area contributed by atoms with Gasteiger partial charge in [-0.25, -0.2) is 4.79 Å². The Morgan fingerprint density at radius 2 is 2.08 bits per heavy atom.